The Morgan fingerprint density at radius 1 is 1.12 bits per heavy atom. The van der Waals surface area contributed by atoms with E-state index in [1.165, 1.54) is 0 Å². The van der Waals surface area contributed by atoms with Crippen molar-refractivity contribution in [3.8, 4) is 0 Å². The van der Waals surface area contributed by atoms with Gasteiger partial charge in [-0.05, 0) is 37.5 Å². The van der Waals surface area contributed by atoms with Gasteiger partial charge in [0.05, 0.1) is 19.4 Å². The van der Waals surface area contributed by atoms with Crippen LogP contribution in [0.4, 0.5) is 0 Å². The molecule has 146 valence electrons. The molecule has 0 aliphatic rings. The summed E-state index contributed by atoms with van der Waals surface area (Å²) < 4.78 is 23.1. The van der Waals surface area contributed by atoms with Crippen LogP contribution in [0.3, 0.4) is 0 Å². The molecule has 0 heterocycles. The van der Waals surface area contributed by atoms with Gasteiger partial charge in [0, 0.05) is 5.56 Å². The molecule has 0 aliphatic carbocycles. The van der Waals surface area contributed by atoms with E-state index >= 15 is 0 Å². The highest BCUT2D eigenvalue weighted by Crippen LogP contribution is 2.51. The summed E-state index contributed by atoms with van der Waals surface area (Å²) in [6.07, 6.45) is 0.852. The molecule has 0 saturated heterocycles. The Labute approximate surface area is 155 Å². The van der Waals surface area contributed by atoms with E-state index in [1.54, 1.807) is 38.1 Å². The van der Waals surface area contributed by atoms with Gasteiger partial charge in [-0.15, -0.1) is 0 Å². The summed E-state index contributed by atoms with van der Waals surface area (Å²) >= 11 is 0. The molecular weight excluding hydrogens is 355 g/mol. The molecule has 0 spiro atoms. The van der Waals surface area contributed by atoms with Gasteiger partial charge in [0.15, 0.2) is 0 Å². The van der Waals surface area contributed by atoms with Crippen LogP contribution < -0.4 is 11.1 Å². The van der Waals surface area contributed by atoms with Crippen LogP contribution in [-0.2, 0) is 24.6 Å². The summed E-state index contributed by atoms with van der Waals surface area (Å²) in [5.41, 5.74) is 6.51. The van der Waals surface area contributed by atoms with Crippen LogP contribution in [0, 0.1) is 5.92 Å². The van der Waals surface area contributed by atoms with E-state index in [0.29, 0.717) is 18.8 Å². The van der Waals surface area contributed by atoms with Gasteiger partial charge in [-0.25, -0.2) is 0 Å². The predicted molar refractivity (Wildman–Crippen MR) is 101 cm³/mol. The number of carbonyl (C=O) groups is 2. The Kier molecular flexibility index (Phi) is 8.99. The molecule has 0 unspecified atom stereocenters. The minimum absolute atomic E-state index is 0.0565. The van der Waals surface area contributed by atoms with E-state index in [9.17, 15) is 14.2 Å². The zero-order valence-corrected chi connectivity index (χ0v) is 16.8. The lowest BCUT2D eigenvalue weighted by Gasteiger charge is -2.21. The van der Waals surface area contributed by atoms with E-state index in [1.807, 2.05) is 13.8 Å². The van der Waals surface area contributed by atoms with Crippen LogP contribution in [0.5, 0.6) is 0 Å². The van der Waals surface area contributed by atoms with Crippen LogP contribution in [0.15, 0.2) is 24.3 Å². The van der Waals surface area contributed by atoms with Crippen molar-refractivity contribution in [2.45, 2.75) is 46.3 Å². The van der Waals surface area contributed by atoms with E-state index in [4.69, 9.17) is 14.8 Å². The van der Waals surface area contributed by atoms with Gasteiger partial charge in [0.1, 0.15) is 6.04 Å². The molecule has 3 N–H and O–H groups in total. The third-order valence-corrected chi connectivity index (χ3v) is 6.11. The maximum atomic E-state index is 12.6. The van der Waals surface area contributed by atoms with Crippen molar-refractivity contribution in [3.05, 3.63) is 35.4 Å². The van der Waals surface area contributed by atoms with Gasteiger partial charge in [-0.2, -0.15) is 0 Å². The largest absolute Gasteiger partial charge is 0.368 e. The zero-order valence-electron chi connectivity index (χ0n) is 15.9. The molecule has 0 fully saturated rings. The molecule has 26 heavy (non-hydrogen) atoms. The molecule has 0 saturated carbocycles. The second kappa shape index (κ2) is 10.5. The van der Waals surface area contributed by atoms with Gasteiger partial charge >= 0.3 is 7.60 Å². The van der Waals surface area contributed by atoms with Gasteiger partial charge < -0.3 is 20.1 Å². The van der Waals surface area contributed by atoms with Crippen molar-refractivity contribution in [2.24, 2.45) is 11.7 Å². The highest BCUT2D eigenvalue weighted by Gasteiger charge is 2.25. The molecule has 1 aromatic rings. The summed E-state index contributed by atoms with van der Waals surface area (Å²) in [4.78, 5) is 23.9. The maximum Gasteiger partial charge on any atom is 0.335 e. The number of rotatable bonds is 11. The van der Waals surface area contributed by atoms with E-state index in [-0.39, 0.29) is 18.0 Å². The van der Waals surface area contributed by atoms with E-state index < -0.39 is 19.5 Å². The maximum absolute atomic E-state index is 12.6. The highest BCUT2D eigenvalue weighted by atomic mass is 31.2. The molecule has 8 heteroatoms. The first-order valence-electron chi connectivity index (χ1n) is 8.83. The summed E-state index contributed by atoms with van der Waals surface area (Å²) in [7, 11) is -3.19. The average molecular weight is 384 g/mol. The van der Waals surface area contributed by atoms with E-state index in [2.05, 4.69) is 5.32 Å². The Morgan fingerprint density at radius 3 is 2.08 bits per heavy atom. The van der Waals surface area contributed by atoms with Crippen molar-refractivity contribution >= 4 is 19.4 Å². The summed E-state index contributed by atoms with van der Waals surface area (Å²) in [5.74, 6) is -0.990. The first kappa shape index (κ1) is 22.4. The molecule has 0 radical (unpaired) electrons. The third-order valence-electron chi connectivity index (χ3n) is 4.05. The van der Waals surface area contributed by atoms with Crippen LogP contribution >= 0.6 is 7.60 Å². The topological polar surface area (TPSA) is 108 Å². The van der Waals surface area contributed by atoms with Crippen LogP contribution in [0.25, 0.3) is 0 Å². The number of nitrogens with two attached hydrogens (primary N) is 1. The number of carbonyl (C=O) groups excluding carboxylic acids is 2. The summed E-state index contributed by atoms with van der Waals surface area (Å²) in [6.45, 7) is 7.88. The standard InChI is InChI=1S/C18H29N2O5P/c1-5-13(4)16(17(19)21)20-18(22)15-10-8-14(9-11-15)12-26(23,24-6-2)25-7-3/h8-11,13,16H,5-7,12H2,1-4H3,(H2,19,21)(H,20,22)/t13-,16-/m0/s1. The zero-order chi connectivity index (χ0) is 19.7. The van der Waals surface area contributed by atoms with Crippen LogP contribution in [0.1, 0.15) is 50.0 Å². The quantitative estimate of drug-likeness (QED) is 0.570. The Bertz CT molecular complexity index is 637. The number of primary amides is 1. The van der Waals surface area contributed by atoms with E-state index in [0.717, 1.165) is 12.0 Å². The second-order valence-corrected chi connectivity index (χ2v) is 8.09. The molecule has 2 amide bonds. The minimum Gasteiger partial charge on any atom is -0.368 e. The van der Waals surface area contributed by atoms with Crippen molar-refractivity contribution in [2.75, 3.05) is 13.2 Å². The monoisotopic (exact) mass is 384 g/mol. The van der Waals surface area contributed by atoms with Crippen molar-refractivity contribution in [1.29, 1.82) is 0 Å². The van der Waals surface area contributed by atoms with Gasteiger partial charge in [0.25, 0.3) is 5.91 Å². The van der Waals surface area contributed by atoms with Crippen LogP contribution in [-0.4, -0.2) is 31.1 Å². The van der Waals surface area contributed by atoms with Crippen LogP contribution in [0.2, 0.25) is 0 Å². The predicted octanol–water partition coefficient (Wildman–Crippen LogP) is 3.08. The number of benzene rings is 1. The molecule has 1 aromatic carbocycles. The lowest BCUT2D eigenvalue weighted by Crippen LogP contribution is -2.48. The smallest absolute Gasteiger partial charge is 0.335 e. The molecule has 0 bridgehead atoms. The number of amides is 2. The van der Waals surface area contributed by atoms with Gasteiger partial charge in [-0.1, -0.05) is 32.4 Å². The fourth-order valence-corrected chi connectivity index (χ4v) is 4.16. The fourth-order valence-electron chi connectivity index (χ4n) is 2.46. The lowest BCUT2D eigenvalue weighted by molar-refractivity contribution is -0.120. The minimum atomic E-state index is -3.19. The van der Waals surface area contributed by atoms with Gasteiger partial charge in [-0.3, -0.25) is 14.2 Å². The molecule has 2 atom stereocenters. The first-order chi connectivity index (χ1) is 12.3. The number of nitrogens with one attached hydrogen (secondary N) is 1. The lowest BCUT2D eigenvalue weighted by atomic mass is 9.98. The summed E-state index contributed by atoms with van der Waals surface area (Å²) in [6, 6.07) is 5.90. The van der Waals surface area contributed by atoms with Gasteiger partial charge in [0.2, 0.25) is 5.91 Å². The third kappa shape index (κ3) is 6.56. The Balaban J connectivity index is 2.84. The van der Waals surface area contributed by atoms with Crippen molar-refractivity contribution in [3.63, 3.8) is 0 Å². The second-order valence-electron chi connectivity index (χ2n) is 6.04. The molecule has 0 aliphatic heterocycles. The number of hydrogen-bond donors (Lipinski definition) is 2. The molecule has 7 nitrogen and oxygen atoms in total. The average Bonchev–Trinajstić information content (AvgIpc) is 2.59. The molecular formula is C18H29N2O5P. The Morgan fingerprint density at radius 2 is 1.65 bits per heavy atom. The highest BCUT2D eigenvalue weighted by molar-refractivity contribution is 7.53. The normalized spacial score (nSPS) is 13.8. The number of hydrogen-bond acceptors (Lipinski definition) is 5. The molecule has 1 rings (SSSR count). The van der Waals surface area contributed by atoms with Crippen molar-refractivity contribution in [1.82, 2.24) is 5.32 Å². The SMILES string of the molecule is CCOP(=O)(Cc1ccc(C(=O)N[C@H](C(N)=O)[C@@H](C)CC)cc1)OCC. The first-order valence-corrected chi connectivity index (χ1v) is 10.6. The fraction of sp³-hybridized carbons (Fsp3) is 0.556. The molecule has 0 aromatic heterocycles. The van der Waals surface area contributed by atoms with Crippen molar-refractivity contribution < 1.29 is 23.2 Å². The Hall–Kier alpha value is -1.69. The summed E-state index contributed by atoms with van der Waals surface area (Å²) in [5, 5.41) is 2.67.